The second kappa shape index (κ2) is 5.51. The third-order valence-electron chi connectivity index (χ3n) is 3.95. The molecule has 0 aliphatic heterocycles. The van der Waals surface area contributed by atoms with Crippen molar-refractivity contribution in [3.63, 3.8) is 0 Å². The van der Waals surface area contributed by atoms with E-state index in [1.165, 1.54) is 12.8 Å². The standard InChI is InChI=1S/C14H22N2O2S/c1-2-19(17,18)13-7-5-12(6-8-13)16-14(11-15)9-3-4-10-14/h5-8,16H,2-4,9-11,15H2,1H3. The molecule has 0 atom stereocenters. The maximum Gasteiger partial charge on any atom is 0.178 e. The molecule has 1 aromatic rings. The molecule has 1 aromatic carbocycles. The van der Waals surface area contributed by atoms with Crippen LogP contribution in [0.1, 0.15) is 32.6 Å². The van der Waals surface area contributed by atoms with Crippen LogP contribution in [-0.4, -0.2) is 26.3 Å². The summed E-state index contributed by atoms with van der Waals surface area (Å²) in [5.41, 5.74) is 6.82. The summed E-state index contributed by atoms with van der Waals surface area (Å²) in [6.45, 7) is 2.27. The summed E-state index contributed by atoms with van der Waals surface area (Å²) in [4.78, 5) is 0.383. The van der Waals surface area contributed by atoms with Crippen molar-refractivity contribution in [1.82, 2.24) is 0 Å². The lowest BCUT2D eigenvalue weighted by Gasteiger charge is -2.30. The van der Waals surface area contributed by atoms with Crippen LogP contribution in [0.3, 0.4) is 0 Å². The highest BCUT2D eigenvalue weighted by molar-refractivity contribution is 7.91. The summed E-state index contributed by atoms with van der Waals surface area (Å²) in [5, 5.41) is 3.48. The lowest BCUT2D eigenvalue weighted by atomic mass is 9.97. The first-order valence-electron chi connectivity index (χ1n) is 6.82. The molecule has 5 heteroatoms. The molecule has 106 valence electrons. The molecule has 0 bridgehead atoms. The van der Waals surface area contributed by atoms with E-state index in [-0.39, 0.29) is 11.3 Å². The van der Waals surface area contributed by atoms with Gasteiger partial charge in [0.25, 0.3) is 0 Å². The minimum atomic E-state index is -3.12. The zero-order valence-electron chi connectivity index (χ0n) is 11.4. The highest BCUT2D eigenvalue weighted by Crippen LogP contribution is 2.32. The SMILES string of the molecule is CCS(=O)(=O)c1ccc(NC2(CN)CCCC2)cc1. The highest BCUT2D eigenvalue weighted by atomic mass is 32.2. The minimum absolute atomic E-state index is 0.00878. The molecule has 0 spiro atoms. The van der Waals surface area contributed by atoms with Crippen molar-refractivity contribution in [3.8, 4) is 0 Å². The summed E-state index contributed by atoms with van der Waals surface area (Å²) in [6, 6.07) is 7.00. The van der Waals surface area contributed by atoms with Crippen molar-refractivity contribution in [3.05, 3.63) is 24.3 Å². The molecule has 0 heterocycles. The molecular weight excluding hydrogens is 260 g/mol. The average Bonchev–Trinajstić information content (AvgIpc) is 2.88. The van der Waals surface area contributed by atoms with Crippen LogP contribution in [0.15, 0.2) is 29.2 Å². The topological polar surface area (TPSA) is 72.2 Å². The van der Waals surface area contributed by atoms with Gasteiger partial charge in [-0.05, 0) is 37.1 Å². The maximum absolute atomic E-state index is 11.7. The molecule has 0 amide bonds. The number of rotatable bonds is 5. The van der Waals surface area contributed by atoms with Gasteiger partial charge in [0.2, 0.25) is 0 Å². The molecule has 4 nitrogen and oxygen atoms in total. The molecule has 1 aliphatic rings. The van der Waals surface area contributed by atoms with Crippen molar-refractivity contribution in [2.24, 2.45) is 5.73 Å². The largest absolute Gasteiger partial charge is 0.378 e. The first-order chi connectivity index (χ1) is 9.01. The molecule has 0 aromatic heterocycles. The number of hydrogen-bond donors (Lipinski definition) is 2. The summed E-state index contributed by atoms with van der Waals surface area (Å²) in [6.07, 6.45) is 4.57. The predicted octanol–water partition coefficient (Wildman–Crippen LogP) is 2.16. The Bertz CT molecular complexity index is 517. The van der Waals surface area contributed by atoms with E-state index in [0.717, 1.165) is 18.5 Å². The summed E-state index contributed by atoms with van der Waals surface area (Å²) >= 11 is 0. The monoisotopic (exact) mass is 282 g/mol. The van der Waals surface area contributed by atoms with Gasteiger partial charge in [-0.2, -0.15) is 0 Å². The van der Waals surface area contributed by atoms with Crippen molar-refractivity contribution in [1.29, 1.82) is 0 Å². The molecule has 0 radical (unpaired) electrons. The smallest absolute Gasteiger partial charge is 0.178 e. The van der Waals surface area contributed by atoms with E-state index in [2.05, 4.69) is 5.32 Å². The highest BCUT2D eigenvalue weighted by Gasteiger charge is 2.32. The normalized spacial score (nSPS) is 18.4. The van der Waals surface area contributed by atoms with Gasteiger partial charge in [0, 0.05) is 17.8 Å². The third-order valence-corrected chi connectivity index (χ3v) is 5.70. The van der Waals surface area contributed by atoms with E-state index in [4.69, 9.17) is 5.73 Å². The Kier molecular flexibility index (Phi) is 4.16. The molecule has 1 fully saturated rings. The Labute approximate surface area is 115 Å². The van der Waals surface area contributed by atoms with Crippen LogP contribution in [0.2, 0.25) is 0 Å². The summed E-state index contributed by atoms with van der Waals surface area (Å²) < 4.78 is 23.5. The number of benzene rings is 1. The van der Waals surface area contributed by atoms with Gasteiger partial charge in [-0.1, -0.05) is 19.8 Å². The summed E-state index contributed by atoms with van der Waals surface area (Å²) in [7, 11) is -3.12. The van der Waals surface area contributed by atoms with Gasteiger partial charge in [0.15, 0.2) is 9.84 Å². The molecule has 1 saturated carbocycles. The van der Waals surface area contributed by atoms with Gasteiger partial charge in [0.1, 0.15) is 0 Å². The molecular formula is C14H22N2O2S. The second-order valence-electron chi connectivity index (χ2n) is 5.24. The molecule has 2 rings (SSSR count). The van der Waals surface area contributed by atoms with Crippen LogP contribution in [-0.2, 0) is 9.84 Å². The van der Waals surface area contributed by atoms with Crippen molar-refractivity contribution >= 4 is 15.5 Å². The van der Waals surface area contributed by atoms with Crippen molar-refractivity contribution in [2.75, 3.05) is 17.6 Å². The first kappa shape index (κ1) is 14.3. The average molecular weight is 282 g/mol. The Hall–Kier alpha value is -1.07. The van der Waals surface area contributed by atoms with Crippen LogP contribution < -0.4 is 11.1 Å². The van der Waals surface area contributed by atoms with E-state index in [0.29, 0.717) is 11.4 Å². The van der Waals surface area contributed by atoms with Crippen molar-refractivity contribution in [2.45, 2.75) is 43.0 Å². The lowest BCUT2D eigenvalue weighted by molar-refractivity contribution is 0.493. The summed E-state index contributed by atoms with van der Waals surface area (Å²) in [5.74, 6) is 0.131. The Morgan fingerprint density at radius 2 is 1.79 bits per heavy atom. The van der Waals surface area contributed by atoms with Gasteiger partial charge in [-0.15, -0.1) is 0 Å². The van der Waals surface area contributed by atoms with Crippen LogP contribution >= 0.6 is 0 Å². The number of nitrogens with one attached hydrogen (secondary N) is 1. The van der Waals surface area contributed by atoms with Crippen LogP contribution in [0.4, 0.5) is 5.69 Å². The number of hydrogen-bond acceptors (Lipinski definition) is 4. The Morgan fingerprint density at radius 3 is 2.26 bits per heavy atom. The van der Waals surface area contributed by atoms with Gasteiger partial charge >= 0.3 is 0 Å². The van der Waals surface area contributed by atoms with E-state index in [1.54, 1.807) is 19.1 Å². The van der Waals surface area contributed by atoms with Crippen LogP contribution in [0, 0.1) is 0 Å². The maximum atomic E-state index is 11.7. The van der Waals surface area contributed by atoms with E-state index in [1.807, 2.05) is 12.1 Å². The predicted molar refractivity (Wildman–Crippen MR) is 78.0 cm³/mol. The zero-order chi connectivity index (χ0) is 13.9. The fourth-order valence-electron chi connectivity index (χ4n) is 2.65. The molecule has 0 unspecified atom stereocenters. The van der Waals surface area contributed by atoms with Gasteiger partial charge in [-0.3, -0.25) is 0 Å². The Balaban J connectivity index is 2.15. The Morgan fingerprint density at radius 1 is 1.21 bits per heavy atom. The van der Waals surface area contributed by atoms with Crippen molar-refractivity contribution < 1.29 is 8.42 Å². The van der Waals surface area contributed by atoms with Crippen LogP contribution in [0.5, 0.6) is 0 Å². The van der Waals surface area contributed by atoms with Gasteiger partial charge < -0.3 is 11.1 Å². The van der Waals surface area contributed by atoms with E-state index < -0.39 is 9.84 Å². The lowest BCUT2D eigenvalue weighted by Crippen LogP contribution is -2.42. The number of sulfone groups is 1. The fourth-order valence-corrected chi connectivity index (χ4v) is 3.53. The fraction of sp³-hybridized carbons (Fsp3) is 0.571. The molecule has 0 saturated heterocycles. The second-order valence-corrected chi connectivity index (χ2v) is 7.52. The minimum Gasteiger partial charge on any atom is -0.378 e. The van der Waals surface area contributed by atoms with Gasteiger partial charge in [-0.25, -0.2) is 8.42 Å². The van der Waals surface area contributed by atoms with E-state index in [9.17, 15) is 8.42 Å². The molecule has 3 N–H and O–H groups in total. The first-order valence-corrected chi connectivity index (χ1v) is 8.48. The van der Waals surface area contributed by atoms with Gasteiger partial charge in [0.05, 0.1) is 10.6 Å². The van der Waals surface area contributed by atoms with E-state index >= 15 is 0 Å². The number of nitrogens with two attached hydrogens (primary N) is 1. The zero-order valence-corrected chi connectivity index (χ0v) is 12.2. The number of anilines is 1. The van der Waals surface area contributed by atoms with Crippen LogP contribution in [0.25, 0.3) is 0 Å². The molecule has 19 heavy (non-hydrogen) atoms. The molecule has 1 aliphatic carbocycles. The third kappa shape index (κ3) is 3.09. The quantitative estimate of drug-likeness (QED) is 0.868.